The molecule has 1 heterocycles. The SMILES string of the molecule is CCOCCCn1c(NC(=O)c2ccc(Cl)cc2)nc2ccccc21. The highest BCUT2D eigenvalue weighted by Crippen LogP contribution is 2.21. The van der Waals surface area contributed by atoms with Crippen LogP contribution >= 0.6 is 11.6 Å². The number of aryl methyl sites for hydroxylation is 1. The molecule has 5 nitrogen and oxygen atoms in total. The quantitative estimate of drug-likeness (QED) is 0.639. The smallest absolute Gasteiger partial charge is 0.257 e. The van der Waals surface area contributed by atoms with Gasteiger partial charge in [-0.15, -0.1) is 0 Å². The van der Waals surface area contributed by atoms with E-state index in [0.29, 0.717) is 29.7 Å². The monoisotopic (exact) mass is 357 g/mol. The topological polar surface area (TPSA) is 56.1 Å². The Morgan fingerprint density at radius 3 is 2.72 bits per heavy atom. The second kappa shape index (κ2) is 8.14. The Balaban J connectivity index is 1.84. The third-order valence-electron chi connectivity index (χ3n) is 3.86. The summed E-state index contributed by atoms with van der Waals surface area (Å²) in [7, 11) is 0. The zero-order chi connectivity index (χ0) is 17.6. The molecule has 3 aromatic rings. The molecular formula is C19H20ClN3O2. The Hall–Kier alpha value is -2.37. The summed E-state index contributed by atoms with van der Waals surface area (Å²) in [5.41, 5.74) is 2.38. The van der Waals surface area contributed by atoms with E-state index in [1.54, 1.807) is 24.3 Å². The first-order valence-corrected chi connectivity index (χ1v) is 8.66. The number of benzene rings is 2. The maximum atomic E-state index is 12.5. The van der Waals surface area contributed by atoms with E-state index in [1.807, 2.05) is 35.8 Å². The van der Waals surface area contributed by atoms with Crippen LogP contribution in [0.1, 0.15) is 23.7 Å². The van der Waals surface area contributed by atoms with Gasteiger partial charge < -0.3 is 9.30 Å². The lowest BCUT2D eigenvalue weighted by Gasteiger charge is -2.10. The number of amides is 1. The van der Waals surface area contributed by atoms with Gasteiger partial charge in [0.1, 0.15) is 0 Å². The molecular weight excluding hydrogens is 338 g/mol. The van der Waals surface area contributed by atoms with Gasteiger partial charge >= 0.3 is 0 Å². The molecule has 0 aliphatic heterocycles. The van der Waals surface area contributed by atoms with Crippen molar-refractivity contribution in [3.05, 3.63) is 59.1 Å². The van der Waals surface area contributed by atoms with E-state index in [0.717, 1.165) is 24.0 Å². The second-order valence-corrected chi connectivity index (χ2v) is 6.02. The first-order chi connectivity index (χ1) is 12.2. The lowest BCUT2D eigenvalue weighted by atomic mass is 10.2. The van der Waals surface area contributed by atoms with Gasteiger partial charge in [0, 0.05) is 30.3 Å². The highest BCUT2D eigenvalue weighted by Gasteiger charge is 2.14. The number of carbonyl (C=O) groups is 1. The number of nitrogens with zero attached hydrogens (tertiary/aromatic N) is 2. The number of aromatic nitrogens is 2. The van der Waals surface area contributed by atoms with Crippen LogP contribution in [0.2, 0.25) is 5.02 Å². The van der Waals surface area contributed by atoms with E-state index in [9.17, 15) is 4.79 Å². The molecule has 2 aromatic carbocycles. The minimum Gasteiger partial charge on any atom is -0.382 e. The summed E-state index contributed by atoms with van der Waals surface area (Å²) in [5, 5.41) is 3.50. The van der Waals surface area contributed by atoms with Crippen molar-refractivity contribution in [1.29, 1.82) is 0 Å². The molecule has 0 saturated heterocycles. The van der Waals surface area contributed by atoms with E-state index < -0.39 is 0 Å². The van der Waals surface area contributed by atoms with Gasteiger partial charge in [0.15, 0.2) is 0 Å². The number of anilines is 1. The number of halogens is 1. The van der Waals surface area contributed by atoms with E-state index >= 15 is 0 Å². The van der Waals surface area contributed by atoms with Crippen molar-refractivity contribution in [2.75, 3.05) is 18.5 Å². The molecule has 25 heavy (non-hydrogen) atoms. The van der Waals surface area contributed by atoms with Crippen LogP contribution in [0.5, 0.6) is 0 Å². The fraction of sp³-hybridized carbons (Fsp3) is 0.263. The Bertz CT molecular complexity index is 859. The van der Waals surface area contributed by atoms with Gasteiger partial charge in [0.05, 0.1) is 11.0 Å². The van der Waals surface area contributed by atoms with Crippen LogP contribution in [0.15, 0.2) is 48.5 Å². The van der Waals surface area contributed by atoms with Crippen molar-refractivity contribution in [2.24, 2.45) is 0 Å². The van der Waals surface area contributed by atoms with Gasteiger partial charge in [-0.1, -0.05) is 23.7 Å². The molecule has 0 saturated carbocycles. The summed E-state index contributed by atoms with van der Waals surface area (Å²) in [4.78, 5) is 17.1. The van der Waals surface area contributed by atoms with Crippen molar-refractivity contribution in [3.8, 4) is 0 Å². The maximum absolute atomic E-state index is 12.5. The summed E-state index contributed by atoms with van der Waals surface area (Å²) >= 11 is 5.88. The number of hydrogen-bond acceptors (Lipinski definition) is 3. The van der Waals surface area contributed by atoms with Gasteiger partial charge in [0.2, 0.25) is 5.95 Å². The van der Waals surface area contributed by atoms with Gasteiger partial charge in [-0.25, -0.2) is 4.98 Å². The Morgan fingerprint density at radius 2 is 1.96 bits per heavy atom. The van der Waals surface area contributed by atoms with Crippen LogP contribution in [0.4, 0.5) is 5.95 Å². The molecule has 6 heteroatoms. The average molecular weight is 358 g/mol. The largest absolute Gasteiger partial charge is 0.382 e. The molecule has 0 radical (unpaired) electrons. The standard InChI is InChI=1S/C19H20ClN3O2/c1-2-25-13-5-12-23-17-7-4-3-6-16(17)21-19(23)22-18(24)14-8-10-15(20)11-9-14/h3-4,6-11H,2,5,12-13H2,1H3,(H,21,22,24). The summed E-state index contributed by atoms with van der Waals surface area (Å²) < 4.78 is 7.43. The fourth-order valence-electron chi connectivity index (χ4n) is 2.64. The van der Waals surface area contributed by atoms with E-state index in [2.05, 4.69) is 10.3 Å². The van der Waals surface area contributed by atoms with E-state index in [4.69, 9.17) is 16.3 Å². The molecule has 0 aliphatic rings. The Labute approximate surface area is 151 Å². The molecule has 0 fully saturated rings. The van der Waals surface area contributed by atoms with Crippen molar-refractivity contribution in [1.82, 2.24) is 9.55 Å². The third-order valence-corrected chi connectivity index (χ3v) is 4.11. The number of rotatable bonds is 7. The van der Waals surface area contributed by atoms with Crippen LogP contribution < -0.4 is 5.32 Å². The van der Waals surface area contributed by atoms with Gasteiger partial charge in [-0.05, 0) is 49.7 Å². The number of fused-ring (bicyclic) bond motifs is 1. The average Bonchev–Trinajstić information content (AvgIpc) is 2.96. The second-order valence-electron chi connectivity index (χ2n) is 5.59. The molecule has 0 aliphatic carbocycles. The van der Waals surface area contributed by atoms with Crippen molar-refractivity contribution in [3.63, 3.8) is 0 Å². The normalized spacial score (nSPS) is 11.0. The summed E-state index contributed by atoms with van der Waals surface area (Å²) in [5.74, 6) is 0.329. The Morgan fingerprint density at radius 1 is 1.20 bits per heavy atom. The van der Waals surface area contributed by atoms with Gasteiger partial charge in [-0.3, -0.25) is 10.1 Å². The number of carbonyl (C=O) groups excluding carboxylic acids is 1. The highest BCUT2D eigenvalue weighted by atomic mass is 35.5. The number of para-hydroxylation sites is 2. The lowest BCUT2D eigenvalue weighted by Crippen LogP contribution is -2.16. The van der Waals surface area contributed by atoms with Crippen LogP contribution in [0.25, 0.3) is 11.0 Å². The molecule has 1 aromatic heterocycles. The molecule has 1 amide bonds. The zero-order valence-corrected chi connectivity index (χ0v) is 14.8. The van der Waals surface area contributed by atoms with Gasteiger partial charge in [0.25, 0.3) is 5.91 Å². The highest BCUT2D eigenvalue weighted by molar-refractivity contribution is 6.30. The predicted molar refractivity (Wildman–Crippen MR) is 100 cm³/mol. The summed E-state index contributed by atoms with van der Waals surface area (Å²) in [6, 6.07) is 14.6. The number of ether oxygens (including phenoxy) is 1. The molecule has 0 spiro atoms. The minimum atomic E-state index is -0.210. The molecule has 0 bridgehead atoms. The first-order valence-electron chi connectivity index (χ1n) is 8.29. The van der Waals surface area contributed by atoms with E-state index in [1.165, 1.54) is 0 Å². The summed E-state index contributed by atoms with van der Waals surface area (Å²) in [6.45, 7) is 4.07. The first kappa shape index (κ1) is 17.5. The Kier molecular flexibility index (Phi) is 5.68. The predicted octanol–water partition coefficient (Wildman–Crippen LogP) is 4.37. The third kappa shape index (κ3) is 4.18. The minimum absolute atomic E-state index is 0.210. The number of hydrogen-bond donors (Lipinski definition) is 1. The molecule has 130 valence electrons. The van der Waals surface area contributed by atoms with Crippen LogP contribution in [0.3, 0.4) is 0 Å². The maximum Gasteiger partial charge on any atom is 0.257 e. The van der Waals surface area contributed by atoms with Crippen molar-refractivity contribution >= 4 is 34.5 Å². The summed E-state index contributed by atoms with van der Waals surface area (Å²) in [6.07, 6.45) is 0.845. The molecule has 0 unspecified atom stereocenters. The number of imidazole rings is 1. The molecule has 3 rings (SSSR count). The van der Waals surface area contributed by atoms with Gasteiger partial charge in [-0.2, -0.15) is 0 Å². The van der Waals surface area contributed by atoms with Crippen LogP contribution in [-0.2, 0) is 11.3 Å². The molecule has 0 atom stereocenters. The van der Waals surface area contributed by atoms with Crippen LogP contribution in [-0.4, -0.2) is 28.7 Å². The van der Waals surface area contributed by atoms with Crippen LogP contribution in [0, 0.1) is 0 Å². The lowest BCUT2D eigenvalue weighted by molar-refractivity contribution is 0.102. The number of nitrogens with one attached hydrogen (secondary N) is 1. The van der Waals surface area contributed by atoms with E-state index in [-0.39, 0.29) is 5.91 Å². The zero-order valence-electron chi connectivity index (χ0n) is 14.0. The molecule has 1 N–H and O–H groups in total. The fourth-order valence-corrected chi connectivity index (χ4v) is 2.77. The van der Waals surface area contributed by atoms with Crippen molar-refractivity contribution in [2.45, 2.75) is 19.9 Å². The van der Waals surface area contributed by atoms with Crippen molar-refractivity contribution < 1.29 is 9.53 Å².